The summed E-state index contributed by atoms with van der Waals surface area (Å²) in [5.74, 6) is -0.146. The number of hydrogen-bond donors (Lipinski definition) is 0. The quantitative estimate of drug-likeness (QED) is 0.680. The Morgan fingerprint density at radius 3 is 2.92 bits per heavy atom. The molecule has 0 amide bonds. The Morgan fingerprint density at radius 2 is 2.23 bits per heavy atom. The van der Waals surface area contributed by atoms with Crippen LogP contribution in [0, 0.1) is 12.7 Å². The summed E-state index contributed by atoms with van der Waals surface area (Å²) in [5.41, 5.74) is 1.72. The molecule has 0 N–H and O–H groups in total. The number of thiazole rings is 1. The van der Waals surface area contributed by atoms with Crippen molar-refractivity contribution in [2.45, 2.75) is 20.3 Å². The van der Waals surface area contributed by atoms with Crippen LogP contribution in [0.1, 0.15) is 17.5 Å². The second-order valence-electron chi connectivity index (χ2n) is 3.06. The van der Waals surface area contributed by atoms with Crippen LogP contribution in [-0.2, 0) is 6.42 Å². The van der Waals surface area contributed by atoms with Crippen LogP contribution in [0.25, 0.3) is 10.2 Å². The Hall–Kier alpha value is -0.960. The van der Waals surface area contributed by atoms with Gasteiger partial charge in [-0.05, 0) is 31.0 Å². The number of rotatable bonds is 1. The molecule has 0 atom stereocenters. The van der Waals surface area contributed by atoms with Gasteiger partial charge in [0.25, 0.3) is 0 Å². The van der Waals surface area contributed by atoms with Crippen LogP contribution in [-0.4, -0.2) is 4.98 Å². The van der Waals surface area contributed by atoms with Gasteiger partial charge in [0.15, 0.2) is 0 Å². The molecule has 0 fully saturated rings. The maximum Gasteiger partial charge on any atom is 0.142 e. The summed E-state index contributed by atoms with van der Waals surface area (Å²) in [6.07, 6.45) is 0.873. The molecule has 0 unspecified atom stereocenters. The van der Waals surface area contributed by atoms with Crippen molar-refractivity contribution in [1.29, 1.82) is 0 Å². The van der Waals surface area contributed by atoms with Crippen LogP contribution in [0.5, 0.6) is 0 Å². The fraction of sp³-hybridized carbons (Fsp3) is 0.300. The molecule has 0 aliphatic carbocycles. The summed E-state index contributed by atoms with van der Waals surface area (Å²) in [6, 6.07) is 3.48. The molecule has 3 heteroatoms. The van der Waals surface area contributed by atoms with Crippen molar-refractivity contribution in [3.05, 3.63) is 28.5 Å². The SMILES string of the molecule is CCc1nc2cc(C)cc(F)c2s1. The lowest BCUT2D eigenvalue weighted by molar-refractivity contribution is 0.640. The van der Waals surface area contributed by atoms with E-state index in [1.165, 1.54) is 11.3 Å². The molecular weight excluding hydrogens is 185 g/mol. The zero-order valence-corrected chi connectivity index (χ0v) is 8.41. The van der Waals surface area contributed by atoms with Gasteiger partial charge in [-0.2, -0.15) is 0 Å². The van der Waals surface area contributed by atoms with E-state index in [4.69, 9.17) is 0 Å². The van der Waals surface area contributed by atoms with Crippen LogP contribution in [0.15, 0.2) is 12.1 Å². The zero-order chi connectivity index (χ0) is 9.42. The highest BCUT2D eigenvalue weighted by atomic mass is 32.1. The molecule has 0 aliphatic heterocycles. The number of aryl methyl sites for hydroxylation is 2. The molecule has 0 radical (unpaired) electrons. The van der Waals surface area contributed by atoms with Gasteiger partial charge in [-0.25, -0.2) is 9.37 Å². The van der Waals surface area contributed by atoms with Gasteiger partial charge in [-0.1, -0.05) is 6.92 Å². The molecule has 0 saturated carbocycles. The van der Waals surface area contributed by atoms with E-state index in [-0.39, 0.29) is 5.82 Å². The summed E-state index contributed by atoms with van der Waals surface area (Å²) in [6.45, 7) is 3.91. The Labute approximate surface area is 80.2 Å². The van der Waals surface area contributed by atoms with E-state index in [0.717, 1.165) is 22.5 Å². The van der Waals surface area contributed by atoms with Crippen molar-refractivity contribution in [2.24, 2.45) is 0 Å². The van der Waals surface area contributed by atoms with E-state index >= 15 is 0 Å². The van der Waals surface area contributed by atoms with E-state index in [1.807, 2.05) is 19.9 Å². The molecule has 1 aromatic heterocycles. The highest BCUT2D eigenvalue weighted by Crippen LogP contribution is 2.26. The Bertz CT molecular complexity index is 447. The number of aromatic nitrogens is 1. The average molecular weight is 195 g/mol. The molecule has 0 aliphatic rings. The molecule has 1 nitrogen and oxygen atoms in total. The Kier molecular flexibility index (Phi) is 2.04. The molecule has 0 bridgehead atoms. The van der Waals surface area contributed by atoms with Crippen molar-refractivity contribution >= 4 is 21.6 Å². The molecule has 2 rings (SSSR count). The van der Waals surface area contributed by atoms with Gasteiger partial charge in [-0.15, -0.1) is 11.3 Å². The summed E-state index contributed by atoms with van der Waals surface area (Å²) < 4.78 is 14.0. The Balaban J connectivity index is 2.75. The average Bonchev–Trinajstić information content (AvgIpc) is 2.47. The highest BCUT2D eigenvalue weighted by molar-refractivity contribution is 7.18. The van der Waals surface area contributed by atoms with Crippen molar-refractivity contribution in [2.75, 3.05) is 0 Å². The molecule has 13 heavy (non-hydrogen) atoms. The number of hydrogen-bond acceptors (Lipinski definition) is 2. The molecule has 0 spiro atoms. The van der Waals surface area contributed by atoms with Crippen LogP contribution in [0.2, 0.25) is 0 Å². The number of halogens is 1. The van der Waals surface area contributed by atoms with Gasteiger partial charge in [0.05, 0.1) is 15.2 Å². The summed E-state index contributed by atoms with van der Waals surface area (Å²) in [4.78, 5) is 4.33. The fourth-order valence-corrected chi connectivity index (χ4v) is 2.21. The lowest BCUT2D eigenvalue weighted by Crippen LogP contribution is -1.79. The van der Waals surface area contributed by atoms with Gasteiger partial charge in [0.2, 0.25) is 0 Å². The maximum absolute atomic E-state index is 13.4. The lowest BCUT2D eigenvalue weighted by atomic mass is 10.2. The standard InChI is InChI=1S/C10H10FNS/c1-3-9-12-8-5-6(2)4-7(11)10(8)13-9/h4-5H,3H2,1-2H3. The van der Waals surface area contributed by atoms with Crippen molar-refractivity contribution in [3.63, 3.8) is 0 Å². The molecule has 2 aromatic rings. The molecule has 68 valence electrons. The fourth-order valence-electron chi connectivity index (χ4n) is 1.32. The first kappa shape index (κ1) is 8.63. The monoisotopic (exact) mass is 195 g/mol. The van der Waals surface area contributed by atoms with Crippen LogP contribution >= 0.6 is 11.3 Å². The minimum atomic E-state index is -0.146. The summed E-state index contributed by atoms with van der Waals surface area (Å²) in [5, 5.41) is 1.000. The number of benzene rings is 1. The first-order valence-electron chi connectivity index (χ1n) is 4.26. The van der Waals surface area contributed by atoms with Gasteiger partial charge in [0.1, 0.15) is 5.82 Å². The molecular formula is C10H10FNS. The first-order chi connectivity index (χ1) is 6.20. The third kappa shape index (κ3) is 1.44. The third-order valence-corrected chi connectivity index (χ3v) is 3.16. The molecule has 0 saturated heterocycles. The van der Waals surface area contributed by atoms with Crippen molar-refractivity contribution in [1.82, 2.24) is 4.98 Å². The van der Waals surface area contributed by atoms with Crippen LogP contribution in [0.4, 0.5) is 4.39 Å². The van der Waals surface area contributed by atoms with E-state index in [9.17, 15) is 4.39 Å². The van der Waals surface area contributed by atoms with Crippen LogP contribution in [0.3, 0.4) is 0 Å². The van der Waals surface area contributed by atoms with Crippen LogP contribution < -0.4 is 0 Å². The lowest BCUT2D eigenvalue weighted by Gasteiger charge is -1.92. The van der Waals surface area contributed by atoms with Crippen molar-refractivity contribution < 1.29 is 4.39 Å². The van der Waals surface area contributed by atoms with Crippen molar-refractivity contribution in [3.8, 4) is 0 Å². The number of fused-ring (bicyclic) bond motifs is 1. The predicted molar refractivity (Wildman–Crippen MR) is 53.7 cm³/mol. The van der Waals surface area contributed by atoms with E-state index < -0.39 is 0 Å². The topological polar surface area (TPSA) is 12.9 Å². The maximum atomic E-state index is 13.4. The van der Waals surface area contributed by atoms with Gasteiger partial charge in [-0.3, -0.25) is 0 Å². The second kappa shape index (κ2) is 3.07. The van der Waals surface area contributed by atoms with Gasteiger partial charge in [0, 0.05) is 0 Å². The summed E-state index contributed by atoms with van der Waals surface area (Å²) >= 11 is 1.45. The summed E-state index contributed by atoms with van der Waals surface area (Å²) in [7, 11) is 0. The highest BCUT2D eigenvalue weighted by Gasteiger charge is 2.07. The van der Waals surface area contributed by atoms with Gasteiger partial charge < -0.3 is 0 Å². The van der Waals surface area contributed by atoms with E-state index in [1.54, 1.807) is 6.07 Å². The zero-order valence-electron chi connectivity index (χ0n) is 7.60. The third-order valence-electron chi connectivity index (χ3n) is 1.94. The first-order valence-corrected chi connectivity index (χ1v) is 5.08. The minimum Gasteiger partial charge on any atom is -0.241 e. The largest absolute Gasteiger partial charge is 0.241 e. The number of nitrogens with zero attached hydrogens (tertiary/aromatic N) is 1. The predicted octanol–water partition coefficient (Wildman–Crippen LogP) is 3.31. The van der Waals surface area contributed by atoms with E-state index in [2.05, 4.69) is 4.98 Å². The molecule has 1 heterocycles. The molecule has 1 aromatic carbocycles. The normalized spacial score (nSPS) is 11.0. The smallest absolute Gasteiger partial charge is 0.142 e. The van der Waals surface area contributed by atoms with E-state index in [0.29, 0.717) is 4.70 Å². The van der Waals surface area contributed by atoms with Gasteiger partial charge >= 0.3 is 0 Å². The Morgan fingerprint density at radius 1 is 1.46 bits per heavy atom. The minimum absolute atomic E-state index is 0.146. The second-order valence-corrected chi connectivity index (χ2v) is 4.14.